The first kappa shape index (κ1) is 16.0. The predicted octanol–water partition coefficient (Wildman–Crippen LogP) is 1.85. The van der Waals surface area contributed by atoms with Crippen LogP contribution in [-0.2, 0) is 11.3 Å². The Morgan fingerprint density at radius 1 is 1.24 bits per heavy atom. The number of benzene rings is 1. The number of carbonyl (C=O) groups excluding carboxylic acids is 1. The monoisotopic (exact) mass is 289 g/mol. The summed E-state index contributed by atoms with van der Waals surface area (Å²) in [5.74, 6) is 0.259. The molecule has 1 unspecified atom stereocenters. The van der Waals surface area contributed by atoms with Crippen LogP contribution in [0.3, 0.4) is 0 Å². The van der Waals surface area contributed by atoms with E-state index in [0.29, 0.717) is 19.0 Å². The fourth-order valence-corrected chi connectivity index (χ4v) is 2.82. The normalized spacial score (nSPS) is 20.3. The molecule has 116 valence electrons. The predicted molar refractivity (Wildman–Crippen MR) is 85.8 cm³/mol. The van der Waals surface area contributed by atoms with Gasteiger partial charge in [0.25, 0.3) is 0 Å². The van der Waals surface area contributed by atoms with Gasteiger partial charge in [0.1, 0.15) is 0 Å². The average molecular weight is 289 g/mol. The maximum absolute atomic E-state index is 12.1. The number of rotatable bonds is 5. The molecule has 1 aromatic rings. The second kappa shape index (κ2) is 8.15. The first-order valence-electron chi connectivity index (χ1n) is 7.96. The van der Waals surface area contributed by atoms with Crippen LogP contribution in [0.2, 0.25) is 0 Å². The summed E-state index contributed by atoms with van der Waals surface area (Å²) in [5.41, 5.74) is 6.83. The Labute approximate surface area is 127 Å². The zero-order valence-corrected chi connectivity index (χ0v) is 13.0. The van der Waals surface area contributed by atoms with Crippen LogP contribution < -0.4 is 5.73 Å². The topological polar surface area (TPSA) is 49.6 Å². The van der Waals surface area contributed by atoms with Gasteiger partial charge in [0.15, 0.2) is 0 Å². The largest absolute Gasteiger partial charge is 0.341 e. The molecule has 0 bridgehead atoms. The Kier molecular flexibility index (Phi) is 6.21. The second-order valence-corrected chi connectivity index (χ2v) is 5.87. The molecule has 2 N–H and O–H groups in total. The smallest absolute Gasteiger partial charge is 0.222 e. The van der Waals surface area contributed by atoms with E-state index in [0.717, 1.165) is 39.0 Å². The number of nitrogens with zero attached hydrogens (tertiary/aromatic N) is 2. The molecule has 1 saturated heterocycles. The summed E-state index contributed by atoms with van der Waals surface area (Å²) in [7, 11) is 0. The van der Waals surface area contributed by atoms with E-state index in [1.165, 1.54) is 5.56 Å². The molecule has 1 fully saturated rings. The maximum atomic E-state index is 12.1. The van der Waals surface area contributed by atoms with Crippen LogP contribution in [0.15, 0.2) is 30.3 Å². The number of hydrogen-bond donors (Lipinski definition) is 1. The maximum Gasteiger partial charge on any atom is 0.222 e. The SMILES string of the molecule is CC1CCN(C(=O)CCCN)CCN1Cc1ccccc1. The molecule has 0 spiro atoms. The lowest BCUT2D eigenvalue weighted by Crippen LogP contribution is -2.36. The molecule has 1 aliphatic rings. The minimum atomic E-state index is 0.259. The number of amides is 1. The summed E-state index contributed by atoms with van der Waals surface area (Å²) in [6, 6.07) is 11.1. The van der Waals surface area contributed by atoms with E-state index < -0.39 is 0 Å². The van der Waals surface area contributed by atoms with Crippen molar-refractivity contribution in [2.45, 2.75) is 38.8 Å². The molecule has 1 amide bonds. The highest BCUT2D eigenvalue weighted by atomic mass is 16.2. The second-order valence-electron chi connectivity index (χ2n) is 5.87. The van der Waals surface area contributed by atoms with Crippen molar-refractivity contribution in [3.63, 3.8) is 0 Å². The Balaban J connectivity index is 1.90. The van der Waals surface area contributed by atoms with E-state index in [4.69, 9.17) is 5.73 Å². The molecule has 0 aromatic heterocycles. The molecule has 1 atom stereocenters. The van der Waals surface area contributed by atoms with Gasteiger partial charge in [0, 0.05) is 38.6 Å². The molecule has 2 rings (SSSR count). The first-order valence-corrected chi connectivity index (χ1v) is 7.96. The molecule has 21 heavy (non-hydrogen) atoms. The van der Waals surface area contributed by atoms with Crippen molar-refractivity contribution >= 4 is 5.91 Å². The van der Waals surface area contributed by atoms with Crippen molar-refractivity contribution in [3.8, 4) is 0 Å². The number of carbonyl (C=O) groups is 1. The number of hydrogen-bond acceptors (Lipinski definition) is 3. The van der Waals surface area contributed by atoms with E-state index >= 15 is 0 Å². The third kappa shape index (κ3) is 4.83. The van der Waals surface area contributed by atoms with Crippen molar-refractivity contribution in [2.24, 2.45) is 5.73 Å². The van der Waals surface area contributed by atoms with Gasteiger partial charge < -0.3 is 10.6 Å². The highest BCUT2D eigenvalue weighted by molar-refractivity contribution is 5.76. The van der Waals surface area contributed by atoms with E-state index in [9.17, 15) is 4.79 Å². The van der Waals surface area contributed by atoms with Gasteiger partial charge in [-0.25, -0.2) is 0 Å². The summed E-state index contributed by atoms with van der Waals surface area (Å²) >= 11 is 0. The highest BCUT2D eigenvalue weighted by Gasteiger charge is 2.23. The molecule has 4 nitrogen and oxygen atoms in total. The molecule has 1 heterocycles. The number of nitrogens with two attached hydrogens (primary N) is 1. The van der Waals surface area contributed by atoms with Crippen LogP contribution in [-0.4, -0.2) is 47.9 Å². The Bertz CT molecular complexity index is 435. The lowest BCUT2D eigenvalue weighted by Gasteiger charge is -2.26. The van der Waals surface area contributed by atoms with Crippen molar-refractivity contribution in [1.82, 2.24) is 9.80 Å². The zero-order chi connectivity index (χ0) is 15.1. The van der Waals surface area contributed by atoms with Gasteiger partial charge in [-0.05, 0) is 31.9 Å². The summed E-state index contributed by atoms with van der Waals surface area (Å²) in [6.45, 7) is 6.47. The fraction of sp³-hybridized carbons (Fsp3) is 0.588. The molecular weight excluding hydrogens is 262 g/mol. The standard InChI is InChI=1S/C17H27N3O/c1-15-9-11-19(17(21)8-5-10-18)12-13-20(15)14-16-6-3-2-4-7-16/h2-4,6-7,15H,5,8-14,18H2,1H3. The van der Waals surface area contributed by atoms with Gasteiger partial charge in [0.05, 0.1) is 0 Å². The van der Waals surface area contributed by atoms with Gasteiger partial charge in [-0.1, -0.05) is 30.3 Å². The summed E-state index contributed by atoms with van der Waals surface area (Å²) in [5, 5.41) is 0. The van der Waals surface area contributed by atoms with E-state index in [-0.39, 0.29) is 5.91 Å². The molecule has 1 aromatic carbocycles. The fourth-order valence-electron chi connectivity index (χ4n) is 2.82. The van der Waals surface area contributed by atoms with Crippen LogP contribution in [0, 0.1) is 0 Å². The van der Waals surface area contributed by atoms with Crippen molar-refractivity contribution in [3.05, 3.63) is 35.9 Å². The van der Waals surface area contributed by atoms with Gasteiger partial charge in [-0.2, -0.15) is 0 Å². The molecule has 1 aliphatic heterocycles. The Hall–Kier alpha value is -1.39. The molecule has 0 aliphatic carbocycles. The van der Waals surface area contributed by atoms with Crippen molar-refractivity contribution in [2.75, 3.05) is 26.2 Å². The average Bonchev–Trinajstić information content (AvgIpc) is 2.69. The van der Waals surface area contributed by atoms with Gasteiger partial charge in [-0.15, -0.1) is 0 Å². The Morgan fingerprint density at radius 2 is 2.00 bits per heavy atom. The quantitative estimate of drug-likeness (QED) is 0.900. The van der Waals surface area contributed by atoms with Gasteiger partial charge in [0.2, 0.25) is 5.91 Å². The third-order valence-corrected chi connectivity index (χ3v) is 4.27. The van der Waals surface area contributed by atoms with Gasteiger partial charge >= 0.3 is 0 Å². The van der Waals surface area contributed by atoms with Crippen LogP contribution in [0.4, 0.5) is 0 Å². The summed E-state index contributed by atoms with van der Waals surface area (Å²) in [4.78, 5) is 16.6. The van der Waals surface area contributed by atoms with E-state index in [1.54, 1.807) is 0 Å². The van der Waals surface area contributed by atoms with Crippen LogP contribution in [0.1, 0.15) is 31.7 Å². The molecule has 4 heteroatoms. The molecule has 0 saturated carbocycles. The Morgan fingerprint density at radius 3 is 2.71 bits per heavy atom. The van der Waals surface area contributed by atoms with Crippen LogP contribution >= 0.6 is 0 Å². The van der Waals surface area contributed by atoms with Gasteiger partial charge in [-0.3, -0.25) is 9.69 Å². The lowest BCUT2D eigenvalue weighted by atomic mass is 10.1. The highest BCUT2D eigenvalue weighted by Crippen LogP contribution is 2.15. The summed E-state index contributed by atoms with van der Waals surface area (Å²) < 4.78 is 0. The van der Waals surface area contributed by atoms with E-state index in [2.05, 4.69) is 36.1 Å². The molecule has 0 radical (unpaired) electrons. The lowest BCUT2D eigenvalue weighted by molar-refractivity contribution is -0.131. The zero-order valence-electron chi connectivity index (χ0n) is 13.0. The van der Waals surface area contributed by atoms with E-state index in [1.807, 2.05) is 11.0 Å². The van der Waals surface area contributed by atoms with Crippen molar-refractivity contribution < 1.29 is 4.79 Å². The minimum absolute atomic E-state index is 0.259. The van der Waals surface area contributed by atoms with Crippen LogP contribution in [0.25, 0.3) is 0 Å². The molecular formula is C17H27N3O. The third-order valence-electron chi connectivity index (χ3n) is 4.27. The van der Waals surface area contributed by atoms with Crippen LogP contribution in [0.5, 0.6) is 0 Å². The van der Waals surface area contributed by atoms with Crippen molar-refractivity contribution in [1.29, 1.82) is 0 Å². The first-order chi connectivity index (χ1) is 10.2. The minimum Gasteiger partial charge on any atom is -0.341 e. The summed E-state index contributed by atoms with van der Waals surface area (Å²) in [6.07, 6.45) is 2.42.